The number of ether oxygens (including phenoxy) is 1. The SMILES string of the molecule is COCC(Cl)CNc1nccn1C. The van der Waals surface area contributed by atoms with Crippen molar-refractivity contribution in [1.29, 1.82) is 0 Å². The highest BCUT2D eigenvalue weighted by atomic mass is 35.5. The molecule has 0 amide bonds. The van der Waals surface area contributed by atoms with Crippen molar-refractivity contribution in [2.75, 3.05) is 25.6 Å². The number of nitrogens with zero attached hydrogens (tertiary/aromatic N) is 2. The number of aromatic nitrogens is 2. The molecule has 0 fully saturated rings. The first kappa shape index (κ1) is 10.3. The lowest BCUT2D eigenvalue weighted by Crippen LogP contribution is -2.20. The van der Waals surface area contributed by atoms with Crippen molar-refractivity contribution in [3.8, 4) is 0 Å². The molecule has 0 spiro atoms. The van der Waals surface area contributed by atoms with Gasteiger partial charge in [0.2, 0.25) is 5.95 Å². The van der Waals surface area contributed by atoms with Crippen LogP contribution in [0.15, 0.2) is 12.4 Å². The van der Waals surface area contributed by atoms with Crippen LogP contribution in [0.1, 0.15) is 0 Å². The number of rotatable bonds is 5. The van der Waals surface area contributed by atoms with E-state index in [9.17, 15) is 0 Å². The highest BCUT2D eigenvalue weighted by Crippen LogP contribution is 2.03. The molecular formula is C8H14ClN3O. The Morgan fingerprint density at radius 2 is 2.54 bits per heavy atom. The third-order valence-corrected chi connectivity index (χ3v) is 1.93. The molecule has 0 aromatic carbocycles. The van der Waals surface area contributed by atoms with Crippen LogP contribution < -0.4 is 5.32 Å². The minimum absolute atomic E-state index is 0.0262. The van der Waals surface area contributed by atoms with Gasteiger partial charge in [0, 0.05) is 33.1 Å². The number of aryl methyl sites for hydroxylation is 1. The van der Waals surface area contributed by atoms with Crippen LogP contribution in [0.3, 0.4) is 0 Å². The van der Waals surface area contributed by atoms with Crippen LogP contribution in [0.4, 0.5) is 5.95 Å². The Morgan fingerprint density at radius 3 is 3.08 bits per heavy atom. The van der Waals surface area contributed by atoms with E-state index in [0.29, 0.717) is 13.2 Å². The maximum atomic E-state index is 5.93. The van der Waals surface area contributed by atoms with Crippen molar-refractivity contribution in [3.63, 3.8) is 0 Å². The first-order valence-corrected chi connectivity index (χ1v) is 4.52. The van der Waals surface area contributed by atoms with Crippen LogP contribution in [-0.4, -0.2) is 35.2 Å². The summed E-state index contributed by atoms with van der Waals surface area (Å²) in [4.78, 5) is 4.10. The second-order valence-electron chi connectivity index (χ2n) is 2.80. The number of hydrogen-bond donors (Lipinski definition) is 1. The largest absolute Gasteiger partial charge is 0.383 e. The molecule has 1 heterocycles. The standard InChI is InChI=1S/C8H14ClN3O/c1-12-4-3-10-8(12)11-5-7(9)6-13-2/h3-4,7H,5-6H2,1-2H3,(H,10,11). The Morgan fingerprint density at radius 1 is 1.77 bits per heavy atom. The fourth-order valence-corrected chi connectivity index (χ4v) is 1.18. The highest BCUT2D eigenvalue weighted by Gasteiger charge is 2.04. The number of anilines is 1. The molecule has 1 aromatic rings. The van der Waals surface area contributed by atoms with E-state index in [1.165, 1.54) is 0 Å². The molecule has 1 rings (SSSR count). The summed E-state index contributed by atoms with van der Waals surface area (Å²) in [6.07, 6.45) is 3.61. The van der Waals surface area contributed by atoms with E-state index >= 15 is 0 Å². The van der Waals surface area contributed by atoms with E-state index in [0.717, 1.165) is 5.95 Å². The minimum atomic E-state index is -0.0262. The van der Waals surface area contributed by atoms with Crippen molar-refractivity contribution in [2.24, 2.45) is 7.05 Å². The molecule has 1 atom stereocenters. The van der Waals surface area contributed by atoms with Crippen molar-refractivity contribution in [1.82, 2.24) is 9.55 Å². The van der Waals surface area contributed by atoms with Crippen molar-refractivity contribution in [2.45, 2.75) is 5.38 Å². The second kappa shape index (κ2) is 5.09. The molecular weight excluding hydrogens is 190 g/mol. The van der Waals surface area contributed by atoms with Crippen LogP contribution in [-0.2, 0) is 11.8 Å². The first-order valence-electron chi connectivity index (χ1n) is 4.08. The molecule has 0 bridgehead atoms. The summed E-state index contributed by atoms with van der Waals surface area (Å²) in [6.45, 7) is 1.19. The maximum absolute atomic E-state index is 5.93. The molecule has 1 N–H and O–H groups in total. The van der Waals surface area contributed by atoms with Crippen LogP contribution >= 0.6 is 11.6 Å². The Balaban J connectivity index is 2.30. The zero-order valence-electron chi connectivity index (χ0n) is 7.83. The summed E-state index contributed by atoms with van der Waals surface area (Å²) in [5.41, 5.74) is 0. The average Bonchev–Trinajstić information content (AvgIpc) is 2.48. The average molecular weight is 204 g/mol. The summed E-state index contributed by atoms with van der Waals surface area (Å²) >= 11 is 5.93. The first-order chi connectivity index (χ1) is 6.24. The van der Waals surface area contributed by atoms with Gasteiger partial charge < -0.3 is 14.6 Å². The topological polar surface area (TPSA) is 39.1 Å². The van der Waals surface area contributed by atoms with Gasteiger partial charge in [0.05, 0.1) is 12.0 Å². The zero-order valence-corrected chi connectivity index (χ0v) is 8.58. The number of halogens is 1. The monoisotopic (exact) mass is 203 g/mol. The number of alkyl halides is 1. The molecule has 0 aliphatic carbocycles. The normalized spacial score (nSPS) is 12.8. The minimum Gasteiger partial charge on any atom is -0.383 e. The predicted molar refractivity (Wildman–Crippen MR) is 53.2 cm³/mol. The molecule has 0 saturated carbocycles. The van der Waals surface area contributed by atoms with Gasteiger partial charge in [-0.2, -0.15) is 0 Å². The molecule has 13 heavy (non-hydrogen) atoms. The molecule has 0 aliphatic heterocycles. The van der Waals surface area contributed by atoms with Crippen LogP contribution in [0.2, 0.25) is 0 Å². The van der Waals surface area contributed by atoms with Crippen molar-refractivity contribution < 1.29 is 4.74 Å². The summed E-state index contributed by atoms with van der Waals surface area (Å²) in [5.74, 6) is 0.821. The number of hydrogen-bond acceptors (Lipinski definition) is 3. The second-order valence-corrected chi connectivity index (χ2v) is 3.41. The fourth-order valence-electron chi connectivity index (χ4n) is 0.978. The van der Waals surface area contributed by atoms with E-state index in [4.69, 9.17) is 16.3 Å². The Labute approximate surface area is 82.9 Å². The van der Waals surface area contributed by atoms with E-state index in [2.05, 4.69) is 10.3 Å². The van der Waals surface area contributed by atoms with Crippen LogP contribution in [0.5, 0.6) is 0 Å². The van der Waals surface area contributed by atoms with Gasteiger partial charge in [-0.25, -0.2) is 4.98 Å². The maximum Gasteiger partial charge on any atom is 0.202 e. The molecule has 0 radical (unpaired) electrons. The van der Waals surface area contributed by atoms with Crippen molar-refractivity contribution in [3.05, 3.63) is 12.4 Å². The Bertz CT molecular complexity index is 251. The summed E-state index contributed by atoms with van der Waals surface area (Å²) < 4.78 is 6.80. The van der Waals surface area contributed by atoms with Gasteiger partial charge >= 0.3 is 0 Å². The number of methoxy groups -OCH3 is 1. The molecule has 5 heteroatoms. The van der Waals surface area contributed by atoms with E-state index < -0.39 is 0 Å². The highest BCUT2D eigenvalue weighted by molar-refractivity contribution is 6.21. The van der Waals surface area contributed by atoms with Gasteiger partial charge in [0.25, 0.3) is 0 Å². The van der Waals surface area contributed by atoms with Gasteiger partial charge in [-0.1, -0.05) is 0 Å². The van der Waals surface area contributed by atoms with E-state index in [1.807, 2.05) is 17.8 Å². The molecule has 0 saturated heterocycles. The van der Waals surface area contributed by atoms with E-state index in [1.54, 1.807) is 13.3 Å². The van der Waals surface area contributed by atoms with E-state index in [-0.39, 0.29) is 5.38 Å². The Hall–Kier alpha value is -0.740. The van der Waals surface area contributed by atoms with Crippen LogP contribution in [0, 0.1) is 0 Å². The summed E-state index contributed by atoms with van der Waals surface area (Å²) in [6, 6.07) is 0. The molecule has 4 nitrogen and oxygen atoms in total. The lowest BCUT2D eigenvalue weighted by molar-refractivity contribution is 0.200. The summed E-state index contributed by atoms with van der Waals surface area (Å²) in [7, 11) is 3.56. The van der Waals surface area contributed by atoms with Crippen LogP contribution in [0.25, 0.3) is 0 Å². The van der Waals surface area contributed by atoms with Gasteiger partial charge in [-0.15, -0.1) is 11.6 Å². The molecule has 74 valence electrons. The van der Waals surface area contributed by atoms with Crippen molar-refractivity contribution >= 4 is 17.5 Å². The smallest absolute Gasteiger partial charge is 0.202 e. The summed E-state index contributed by atoms with van der Waals surface area (Å²) in [5, 5.41) is 3.09. The molecule has 1 aromatic heterocycles. The van der Waals surface area contributed by atoms with Gasteiger partial charge in [0.15, 0.2) is 0 Å². The third kappa shape index (κ3) is 3.24. The fraction of sp³-hybridized carbons (Fsp3) is 0.625. The zero-order chi connectivity index (χ0) is 9.68. The molecule has 0 aliphatic rings. The lowest BCUT2D eigenvalue weighted by atomic mass is 10.4. The Kier molecular flexibility index (Phi) is 4.05. The van der Waals surface area contributed by atoms with Gasteiger partial charge in [-0.05, 0) is 0 Å². The lowest BCUT2D eigenvalue weighted by Gasteiger charge is -2.09. The predicted octanol–water partition coefficient (Wildman–Crippen LogP) is 1.09. The number of imidazole rings is 1. The third-order valence-electron chi connectivity index (χ3n) is 1.65. The molecule has 1 unspecified atom stereocenters. The quantitative estimate of drug-likeness (QED) is 0.729. The van der Waals surface area contributed by atoms with Gasteiger partial charge in [0.1, 0.15) is 0 Å². The van der Waals surface area contributed by atoms with Gasteiger partial charge in [-0.3, -0.25) is 0 Å². The number of nitrogens with one attached hydrogen (secondary N) is 1.